The van der Waals surface area contributed by atoms with Crippen LogP contribution < -0.4 is 5.11 Å². The molecule has 1 fully saturated rings. The van der Waals surface area contributed by atoms with E-state index in [1.807, 2.05) is 13.8 Å². The number of nitro groups is 1. The van der Waals surface area contributed by atoms with E-state index in [1.165, 1.54) is 0 Å². The number of Topliss-reactive ketones (excluding diaryl/α,β-unsaturated/α-hetero) is 1. The van der Waals surface area contributed by atoms with Gasteiger partial charge in [-0.15, -0.1) is 0 Å². The van der Waals surface area contributed by atoms with Crippen LogP contribution in [0.2, 0.25) is 0 Å². The number of ketones is 1. The highest BCUT2D eigenvalue weighted by molar-refractivity contribution is 6.10. The van der Waals surface area contributed by atoms with Crippen molar-refractivity contribution >= 4 is 17.5 Å². The van der Waals surface area contributed by atoms with Crippen LogP contribution in [0.3, 0.4) is 0 Å². The van der Waals surface area contributed by atoms with Crippen LogP contribution in [0.15, 0.2) is 4.99 Å². The van der Waals surface area contributed by atoms with Crippen LogP contribution in [-0.4, -0.2) is 35.0 Å². The Hall–Kier alpha value is -1.79. The van der Waals surface area contributed by atoms with Crippen molar-refractivity contribution in [3.05, 3.63) is 10.1 Å². The number of nitrogens with zero attached hydrogens (tertiary/aromatic N) is 2. The molecule has 1 rings (SSSR count). The van der Waals surface area contributed by atoms with Gasteiger partial charge in [0.15, 0.2) is 0 Å². The lowest BCUT2D eigenvalue weighted by molar-refractivity contribution is -0.490. The average Bonchev–Trinajstić information content (AvgIpc) is 2.20. The Bertz CT molecular complexity index is 428. The molecule has 0 aromatic rings. The van der Waals surface area contributed by atoms with E-state index in [9.17, 15) is 24.8 Å². The molecule has 0 N–H and O–H groups in total. The first-order valence-corrected chi connectivity index (χ1v) is 6.12. The summed E-state index contributed by atoms with van der Waals surface area (Å²) in [4.78, 5) is 36.4. The molecular weight excluding hydrogens is 252 g/mol. The number of carbonyl (C=O) groups excluding carboxylic acids is 2. The largest absolute Gasteiger partial charge is 0.550 e. The zero-order chi connectivity index (χ0) is 14.6. The molecular formula is C12H17N2O5-. The minimum Gasteiger partial charge on any atom is -0.550 e. The lowest BCUT2D eigenvalue weighted by Gasteiger charge is -2.30. The Balaban J connectivity index is 2.79. The molecule has 1 saturated carbocycles. The number of carboxylic acids is 1. The lowest BCUT2D eigenvalue weighted by atomic mass is 9.74. The van der Waals surface area contributed by atoms with Gasteiger partial charge < -0.3 is 9.90 Å². The summed E-state index contributed by atoms with van der Waals surface area (Å²) >= 11 is 0. The fourth-order valence-electron chi connectivity index (χ4n) is 2.23. The zero-order valence-electron chi connectivity index (χ0n) is 11.0. The molecule has 0 aliphatic heterocycles. The minimum atomic E-state index is -1.36. The third-order valence-corrected chi connectivity index (χ3v) is 3.00. The number of carboxylic acid groups (broad SMARTS) is 1. The molecule has 106 valence electrons. The van der Waals surface area contributed by atoms with Gasteiger partial charge in [0.2, 0.25) is 5.78 Å². The minimum absolute atomic E-state index is 0.142. The summed E-state index contributed by atoms with van der Waals surface area (Å²) in [5.74, 6) is -1.61. The highest BCUT2D eigenvalue weighted by Crippen LogP contribution is 2.32. The predicted octanol–water partition coefficient (Wildman–Crippen LogP) is -0.00810. The smallest absolute Gasteiger partial charge is 0.307 e. The van der Waals surface area contributed by atoms with E-state index in [-0.39, 0.29) is 36.9 Å². The molecule has 1 unspecified atom stereocenters. The van der Waals surface area contributed by atoms with Gasteiger partial charge in [-0.2, -0.15) is 0 Å². The third-order valence-electron chi connectivity index (χ3n) is 3.00. The highest BCUT2D eigenvalue weighted by atomic mass is 16.6. The number of hydrogen-bond donors (Lipinski definition) is 0. The molecule has 0 radical (unpaired) electrons. The lowest BCUT2D eigenvalue weighted by Crippen LogP contribution is -2.46. The first-order valence-electron chi connectivity index (χ1n) is 6.12. The molecule has 0 saturated heterocycles. The van der Waals surface area contributed by atoms with Gasteiger partial charge in [-0.25, -0.2) is 0 Å². The molecule has 7 nitrogen and oxygen atoms in total. The summed E-state index contributed by atoms with van der Waals surface area (Å²) in [6, 6.07) is -1.36. The Kier molecular flexibility index (Phi) is 4.74. The summed E-state index contributed by atoms with van der Waals surface area (Å²) < 4.78 is 0. The van der Waals surface area contributed by atoms with Crippen LogP contribution >= 0.6 is 0 Å². The maximum Gasteiger partial charge on any atom is 0.307 e. The molecule has 0 aromatic carbocycles. The van der Waals surface area contributed by atoms with Gasteiger partial charge in [0.25, 0.3) is 0 Å². The van der Waals surface area contributed by atoms with Crippen LogP contribution in [0.1, 0.15) is 39.5 Å². The van der Waals surface area contributed by atoms with E-state index >= 15 is 0 Å². The van der Waals surface area contributed by atoms with Gasteiger partial charge in [-0.05, 0) is 24.7 Å². The van der Waals surface area contributed by atoms with Crippen molar-refractivity contribution in [1.82, 2.24) is 0 Å². The second-order valence-corrected chi connectivity index (χ2v) is 5.52. The van der Waals surface area contributed by atoms with Gasteiger partial charge in [-0.1, -0.05) is 13.8 Å². The Morgan fingerprint density at radius 3 is 2.63 bits per heavy atom. The predicted molar refractivity (Wildman–Crippen MR) is 65.3 cm³/mol. The van der Waals surface area contributed by atoms with Crippen molar-refractivity contribution in [2.75, 3.05) is 6.54 Å². The van der Waals surface area contributed by atoms with E-state index in [1.54, 1.807) is 0 Å². The molecule has 1 aliphatic rings. The second kappa shape index (κ2) is 5.90. The van der Waals surface area contributed by atoms with Gasteiger partial charge in [0, 0.05) is 23.9 Å². The van der Waals surface area contributed by atoms with Gasteiger partial charge in [0.05, 0.1) is 5.71 Å². The van der Waals surface area contributed by atoms with E-state index in [2.05, 4.69) is 4.99 Å². The number of carbonyl (C=O) groups is 2. The fraction of sp³-hybridized carbons (Fsp3) is 0.750. The number of aliphatic imine (C=N–C) groups is 1. The van der Waals surface area contributed by atoms with E-state index in [0.29, 0.717) is 6.42 Å². The maximum absolute atomic E-state index is 11.8. The summed E-state index contributed by atoms with van der Waals surface area (Å²) in [7, 11) is 0. The molecule has 0 spiro atoms. The first-order chi connectivity index (χ1) is 8.73. The Morgan fingerprint density at radius 1 is 1.47 bits per heavy atom. The van der Waals surface area contributed by atoms with Crippen LogP contribution in [-0.2, 0) is 9.59 Å². The summed E-state index contributed by atoms with van der Waals surface area (Å²) in [5.41, 5.74) is -0.0823. The van der Waals surface area contributed by atoms with Gasteiger partial charge >= 0.3 is 6.04 Å². The standard InChI is InChI=1S/C12H18N2O5/c1-12(2)6-8(13-5-3-4-10(16)17)11(14(18)19)9(15)7-12/h11H,3-7H2,1-2H3,(H,16,17)/p-1. The zero-order valence-corrected chi connectivity index (χ0v) is 11.0. The summed E-state index contributed by atoms with van der Waals surface area (Å²) in [6.07, 6.45) is 0.661. The van der Waals surface area contributed by atoms with Gasteiger partial charge in [-0.3, -0.25) is 19.9 Å². The summed E-state index contributed by atoms with van der Waals surface area (Å²) in [5, 5.41) is 21.2. The molecule has 1 aliphatic carbocycles. The fourth-order valence-corrected chi connectivity index (χ4v) is 2.23. The van der Waals surface area contributed by atoms with Crippen molar-refractivity contribution in [3.8, 4) is 0 Å². The van der Waals surface area contributed by atoms with Gasteiger partial charge in [0.1, 0.15) is 0 Å². The van der Waals surface area contributed by atoms with Crippen molar-refractivity contribution in [3.63, 3.8) is 0 Å². The quantitative estimate of drug-likeness (QED) is 0.396. The van der Waals surface area contributed by atoms with Crippen LogP contribution in [0.4, 0.5) is 0 Å². The highest BCUT2D eigenvalue weighted by Gasteiger charge is 2.44. The van der Waals surface area contributed by atoms with Crippen molar-refractivity contribution < 1.29 is 19.6 Å². The van der Waals surface area contributed by atoms with E-state index in [4.69, 9.17) is 0 Å². The number of aliphatic carboxylic acids is 1. The molecule has 7 heteroatoms. The number of rotatable bonds is 5. The van der Waals surface area contributed by atoms with E-state index < -0.39 is 22.7 Å². The van der Waals surface area contributed by atoms with Crippen molar-refractivity contribution in [1.29, 1.82) is 0 Å². The molecule has 1 atom stereocenters. The second-order valence-electron chi connectivity index (χ2n) is 5.52. The van der Waals surface area contributed by atoms with Crippen LogP contribution in [0, 0.1) is 15.5 Å². The first kappa shape index (κ1) is 15.3. The van der Waals surface area contributed by atoms with Crippen LogP contribution in [0.5, 0.6) is 0 Å². The van der Waals surface area contributed by atoms with Crippen LogP contribution in [0.25, 0.3) is 0 Å². The van der Waals surface area contributed by atoms with Crippen molar-refractivity contribution in [2.45, 2.75) is 45.6 Å². The topological polar surface area (TPSA) is 113 Å². The monoisotopic (exact) mass is 269 g/mol. The normalized spacial score (nSPS) is 24.4. The average molecular weight is 269 g/mol. The van der Waals surface area contributed by atoms with E-state index in [0.717, 1.165) is 0 Å². The molecule has 0 bridgehead atoms. The molecule has 19 heavy (non-hydrogen) atoms. The molecule has 0 heterocycles. The molecule has 0 aromatic heterocycles. The Labute approximate surface area is 110 Å². The Morgan fingerprint density at radius 2 is 2.11 bits per heavy atom. The maximum atomic E-state index is 11.8. The number of hydrogen-bond acceptors (Lipinski definition) is 6. The van der Waals surface area contributed by atoms with Crippen molar-refractivity contribution in [2.24, 2.45) is 10.4 Å². The SMILES string of the molecule is CC1(C)CC(=O)C([N+](=O)[O-])C(=NCCCC(=O)[O-])C1. The third kappa shape index (κ3) is 4.42. The molecule has 0 amide bonds. The summed E-state index contributed by atoms with van der Waals surface area (Å²) in [6.45, 7) is 3.88.